The number of hydrogen-bond acceptors (Lipinski definition) is 5. The molecular formula is C18H16F2N2O4. The number of methoxy groups -OCH3 is 2. The van der Waals surface area contributed by atoms with Crippen LogP contribution >= 0.6 is 0 Å². The number of ether oxygens (including phenoxy) is 3. The second-order valence-electron chi connectivity index (χ2n) is 5.38. The molecule has 0 aliphatic rings. The molecule has 0 unspecified atom stereocenters. The quantitative estimate of drug-likeness (QED) is 0.516. The third-order valence-corrected chi connectivity index (χ3v) is 3.81. The van der Waals surface area contributed by atoms with E-state index >= 15 is 0 Å². The zero-order chi connectivity index (χ0) is 18.7. The lowest BCUT2D eigenvalue weighted by molar-refractivity contribution is 0.103. The van der Waals surface area contributed by atoms with Crippen molar-refractivity contribution in [1.82, 2.24) is 9.97 Å². The average Bonchev–Trinajstić information content (AvgIpc) is 3.06. The number of hydrogen-bond donors (Lipinski definition) is 1. The summed E-state index contributed by atoms with van der Waals surface area (Å²) in [5.74, 6) is -2.65. The van der Waals surface area contributed by atoms with Crippen LogP contribution < -0.4 is 9.47 Å². The molecule has 26 heavy (non-hydrogen) atoms. The molecule has 3 aromatic rings. The van der Waals surface area contributed by atoms with Crippen molar-refractivity contribution in [3.05, 3.63) is 53.4 Å². The number of fused-ring (bicyclic) bond motifs is 1. The minimum Gasteiger partial charge on any atom is -0.495 e. The zero-order valence-electron chi connectivity index (χ0n) is 14.1. The summed E-state index contributed by atoms with van der Waals surface area (Å²) in [6.07, 6.45) is 2.83. The molecule has 2 aromatic heterocycles. The fraction of sp³-hybridized carbons (Fsp3) is 0.222. The van der Waals surface area contributed by atoms with Gasteiger partial charge < -0.3 is 19.2 Å². The van der Waals surface area contributed by atoms with Crippen LogP contribution in [0.2, 0.25) is 0 Å². The first kappa shape index (κ1) is 17.8. The highest BCUT2D eigenvalue weighted by molar-refractivity contribution is 6.16. The Bertz CT molecular complexity index is 956. The number of aromatic nitrogens is 2. The van der Waals surface area contributed by atoms with Crippen LogP contribution in [0.1, 0.15) is 15.9 Å². The predicted octanol–water partition coefficient (Wildman–Crippen LogP) is 3.11. The lowest BCUT2D eigenvalue weighted by atomic mass is 10.0. The number of pyridine rings is 1. The maximum Gasteiger partial charge on any atom is 0.201 e. The van der Waals surface area contributed by atoms with Gasteiger partial charge in [0.1, 0.15) is 23.8 Å². The summed E-state index contributed by atoms with van der Waals surface area (Å²) < 4.78 is 44.0. The molecule has 0 spiro atoms. The number of rotatable bonds is 7. The van der Waals surface area contributed by atoms with Crippen molar-refractivity contribution >= 4 is 16.8 Å². The molecule has 0 bridgehead atoms. The van der Waals surface area contributed by atoms with Crippen LogP contribution in [-0.4, -0.2) is 43.2 Å². The second-order valence-corrected chi connectivity index (χ2v) is 5.38. The molecule has 1 N–H and O–H groups in total. The van der Waals surface area contributed by atoms with Gasteiger partial charge in [0.2, 0.25) is 5.78 Å². The average molecular weight is 362 g/mol. The Morgan fingerprint density at radius 3 is 2.77 bits per heavy atom. The van der Waals surface area contributed by atoms with Crippen LogP contribution in [0.4, 0.5) is 8.78 Å². The van der Waals surface area contributed by atoms with Gasteiger partial charge in [0.15, 0.2) is 11.6 Å². The standard InChI is InChI=1S/C18H16F2N2O4/c1-24-5-6-26-14-4-3-13(19)15(16(14)20)17(23)12-9-22-18-11(12)7-10(25-2)8-21-18/h3-4,7-9H,5-6H2,1-2H3,(H,21,22). The second kappa shape index (κ2) is 7.49. The summed E-state index contributed by atoms with van der Waals surface area (Å²) in [6.45, 7) is 0.300. The van der Waals surface area contributed by atoms with Crippen molar-refractivity contribution in [3.63, 3.8) is 0 Å². The molecular weight excluding hydrogens is 346 g/mol. The lowest BCUT2D eigenvalue weighted by Crippen LogP contribution is -2.11. The van der Waals surface area contributed by atoms with Gasteiger partial charge in [-0.05, 0) is 18.2 Å². The Balaban J connectivity index is 2.03. The first-order valence-electron chi connectivity index (χ1n) is 7.72. The molecule has 0 atom stereocenters. The van der Waals surface area contributed by atoms with Gasteiger partial charge in [-0.25, -0.2) is 13.8 Å². The predicted molar refractivity (Wildman–Crippen MR) is 89.8 cm³/mol. The maximum absolute atomic E-state index is 14.7. The molecule has 0 amide bonds. The van der Waals surface area contributed by atoms with E-state index in [1.165, 1.54) is 26.6 Å². The molecule has 0 aliphatic heterocycles. The normalized spacial score (nSPS) is 10.9. The summed E-state index contributed by atoms with van der Waals surface area (Å²) in [4.78, 5) is 19.7. The van der Waals surface area contributed by atoms with E-state index in [1.54, 1.807) is 6.07 Å². The minimum absolute atomic E-state index is 0.0703. The van der Waals surface area contributed by atoms with Crippen LogP contribution in [0.3, 0.4) is 0 Å². The molecule has 3 rings (SSSR count). The van der Waals surface area contributed by atoms with E-state index in [0.29, 0.717) is 16.8 Å². The number of benzene rings is 1. The van der Waals surface area contributed by atoms with Gasteiger partial charge in [-0.3, -0.25) is 4.79 Å². The summed E-state index contributed by atoms with van der Waals surface area (Å²) >= 11 is 0. The van der Waals surface area contributed by atoms with E-state index in [1.807, 2.05) is 0 Å². The van der Waals surface area contributed by atoms with E-state index in [0.717, 1.165) is 12.1 Å². The van der Waals surface area contributed by atoms with Crippen molar-refractivity contribution < 1.29 is 27.8 Å². The summed E-state index contributed by atoms with van der Waals surface area (Å²) in [7, 11) is 2.93. The molecule has 0 fully saturated rings. The number of halogens is 2. The molecule has 1 aromatic carbocycles. The van der Waals surface area contributed by atoms with E-state index in [9.17, 15) is 13.6 Å². The van der Waals surface area contributed by atoms with Crippen LogP contribution in [0.15, 0.2) is 30.6 Å². The van der Waals surface area contributed by atoms with Crippen molar-refractivity contribution in [2.75, 3.05) is 27.4 Å². The molecule has 2 heterocycles. The number of carbonyl (C=O) groups is 1. The highest BCUT2D eigenvalue weighted by atomic mass is 19.1. The zero-order valence-corrected chi connectivity index (χ0v) is 14.1. The van der Waals surface area contributed by atoms with E-state index in [2.05, 4.69) is 9.97 Å². The Labute approximate surface area is 147 Å². The monoisotopic (exact) mass is 362 g/mol. The van der Waals surface area contributed by atoms with E-state index in [-0.39, 0.29) is 24.5 Å². The first-order chi connectivity index (χ1) is 12.6. The Morgan fingerprint density at radius 2 is 2.04 bits per heavy atom. The highest BCUT2D eigenvalue weighted by Crippen LogP contribution is 2.29. The molecule has 0 aliphatic carbocycles. The van der Waals surface area contributed by atoms with Gasteiger partial charge >= 0.3 is 0 Å². The molecule has 136 valence electrons. The third-order valence-electron chi connectivity index (χ3n) is 3.81. The van der Waals surface area contributed by atoms with Crippen molar-refractivity contribution in [1.29, 1.82) is 0 Å². The van der Waals surface area contributed by atoms with Crippen LogP contribution in [0.25, 0.3) is 11.0 Å². The van der Waals surface area contributed by atoms with Gasteiger partial charge in [-0.2, -0.15) is 0 Å². The summed E-state index contributed by atoms with van der Waals surface area (Å²) in [6, 6.07) is 3.70. The van der Waals surface area contributed by atoms with Gasteiger partial charge in [0, 0.05) is 24.3 Å². The third kappa shape index (κ3) is 3.23. The SMILES string of the molecule is COCCOc1ccc(F)c(C(=O)c2c[nH]c3ncc(OC)cc23)c1F. The fourth-order valence-electron chi connectivity index (χ4n) is 2.51. The number of nitrogens with zero attached hydrogens (tertiary/aromatic N) is 1. The molecule has 0 saturated heterocycles. The topological polar surface area (TPSA) is 73.4 Å². The van der Waals surface area contributed by atoms with Crippen LogP contribution in [-0.2, 0) is 4.74 Å². The summed E-state index contributed by atoms with van der Waals surface area (Å²) in [5.41, 5.74) is -0.204. The van der Waals surface area contributed by atoms with Gasteiger partial charge in [-0.15, -0.1) is 0 Å². The van der Waals surface area contributed by atoms with Crippen LogP contribution in [0.5, 0.6) is 11.5 Å². The van der Waals surface area contributed by atoms with Crippen molar-refractivity contribution in [2.24, 2.45) is 0 Å². The fourth-order valence-corrected chi connectivity index (χ4v) is 2.51. The Morgan fingerprint density at radius 1 is 1.23 bits per heavy atom. The number of H-pyrrole nitrogens is 1. The van der Waals surface area contributed by atoms with Crippen LogP contribution in [0, 0.1) is 11.6 Å². The van der Waals surface area contributed by atoms with Gasteiger partial charge in [-0.1, -0.05) is 0 Å². The van der Waals surface area contributed by atoms with Gasteiger partial charge in [0.25, 0.3) is 0 Å². The summed E-state index contributed by atoms with van der Waals surface area (Å²) in [5, 5.41) is 0.402. The number of aromatic amines is 1. The molecule has 8 heteroatoms. The number of carbonyl (C=O) groups excluding carboxylic acids is 1. The van der Waals surface area contributed by atoms with Crippen molar-refractivity contribution in [2.45, 2.75) is 0 Å². The number of nitrogens with one attached hydrogen (secondary N) is 1. The number of ketones is 1. The molecule has 0 radical (unpaired) electrons. The highest BCUT2D eigenvalue weighted by Gasteiger charge is 2.25. The smallest absolute Gasteiger partial charge is 0.201 e. The van der Waals surface area contributed by atoms with Gasteiger partial charge in [0.05, 0.1) is 25.5 Å². The van der Waals surface area contributed by atoms with E-state index in [4.69, 9.17) is 14.2 Å². The Kier molecular flexibility index (Phi) is 5.13. The largest absolute Gasteiger partial charge is 0.495 e. The first-order valence-corrected chi connectivity index (χ1v) is 7.72. The minimum atomic E-state index is -1.06. The lowest BCUT2D eigenvalue weighted by Gasteiger charge is -2.10. The van der Waals surface area contributed by atoms with Crippen molar-refractivity contribution in [3.8, 4) is 11.5 Å². The molecule has 0 saturated carbocycles. The Hall–Kier alpha value is -3.00. The van der Waals surface area contributed by atoms with E-state index < -0.39 is 23.0 Å². The maximum atomic E-state index is 14.7. The molecule has 6 nitrogen and oxygen atoms in total.